The standard InChI is InChI=1S/C34H70/c1-6-8-9-10-11-12-13-14-15-16-17-18-19-20-21-22-23-24-27-33(4)30-26-31-34(5)29-25-28-32(3)7-2/h32-34H,6-31H2,1-5H3/t32-,33+,34-/m1/s1. The molecule has 0 saturated heterocycles. The van der Waals surface area contributed by atoms with Gasteiger partial charge in [-0.3, -0.25) is 0 Å². The summed E-state index contributed by atoms with van der Waals surface area (Å²) in [6, 6.07) is 0. The number of hydrogen-bond donors (Lipinski definition) is 0. The Morgan fingerprint density at radius 1 is 0.294 bits per heavy atom. The van der Waals surface area contributed by atoms with Gasteiger partial charge in [0.1, 0.15) is 0 Å². The molecule has 0 unspecified atom stereocenters. The van der Waals surface area contributed by atoms with E-state index >= 15 is 0 Å². The van der Waals surface area contributed by atoms with Crippen molar-refractivity contribution in [3.8, 4) is 0 Å². The van der Waals surface area contributed by atoms with Crippen molar-refractivity contribution in [3.63, 3.8) is 0 Å². The van der Waals surface area contributed by atoms with Gasteiger partial charge in [0, 0.05) is 0 Å². The van der Waals surface area contributed by atoms with Gasteiger partial charge < -0.3 is 0 Å². The fourth-order valence-electron chi connectivity index (χ4n) is 5.52. The summed E-state index contributed by atoms with van der Waals surface area (Å²) in [5.41, 5.74) is 0. The van der Waals surface area contributed by atoms with Gasteiger partial charge in [-0.15, -0.1) is 0 Å². The Hall–Kier alpha value is 0. The largest absolute Gasteiger partial charge is 0.0654 e. The molecule has 0 heteroatoms. The highest BCUT2D eigenvalue weighted by Crippen LogP contribution is 2.22. The van der Waals surface area contributed by atoms with Gasteiger partial charge in [-0.1, -0.05) is 202 Å². The lowest BCUT2D eigenvalue weighted by molar-refractivity contribution is 0.380. The molecule has 0 aliphatic rings. The predicted molar refractivity (Wildman–Crippen MR) is 159 cm³/mol. The third-order valence-electron chi connectivity index (χ3n) is 8.54. The second-order valence-electron chi connectivity index (χ2n) is 12.4. The lowest BCUT2D eigenvalue weighted by atomic mass is 9.91. The van der Waals surface area contributed by atoms with E-state index in [2.05, 4.69) is 34.6 Å². The molecule has 206 valence electrons. The van der Waals surface area contributed by atoms with Crippen molar-refractivity contribution in [3.05, 3.63) is 0 Å². The summed E-state index contributed by atoms with van der Waals surface area (Å²) < 4.78 is 0. The minimum Gasteiger partial charge on any atom is -0.0654 e. The molecule has 0 nitrogen and oxygen atoms in total. The number of unbranched alkanes of at least 4 members (excludes halogenated alkanes) is 17. The molecular formula is C34H70. The van der Waals surface area contributed by atoms with E-state index in [1.54, 1.807) is 0 Å². The van der Waals surface area contributed by atoms with Gasteiger partial charge in [0.05, 0.1) is 0 Å². The molecule has 0 aromatic rings. The first-order chi connectivity index (χ1) is 16.6. The smallest absolute Gasteiger partial charge is 0.0443 e. The van der Waals surface area contributed by atoms with Crippen LogP contribution in [0.2, 0.25) is 0 Å². The summed E-state index contributed by atoms with van der Waals surface area (Å²) in [5.74, 6) is 2.83. The molecule has 0 N–H and O–H groups in total. The second kappa shape index (κ2) is 27.6. The van der Waals surface area contributed by atoms with Crippen molar-refractivity contribution in [1.29, 1.82) is 0 Å². The molecule has 0 spiro atoms. The highest BCUT2D eigenvalue weighted by molar-refractivity contribution is 4.60. The van der Waals surface area contributed by atoms with Crippen molar-refractivity contribution in [1.82, 2.24) is 0 Å². The lowest BCUT2D eigenvalue weighted by Gasteiger charge is -2.15. The molecule has 0 radical (unpaired) electrons. The lowest BCUT2D eigenvalue weighted by Crippen LogP contribution is -2.00. The highest BCUT2D eigenvalue weighted by Gasteiger charge is 2.07. The molecule has 0 aromatic heterocycles. The normalized spacial score (nSPS) is 14.4. The van der Waals surface area contributed by atoms with Gasteiger partial charge in [0.2, 0.25) is 0 Å². The Morgan fingerprint density at radius 2 is 0.559 bits per heavy atom. The third kappa shape index (κ3) is 26.6. The van der Waals surface area contributed by atoms with E-state index in [1.807, 2.05) is 0 Å². The average Bonchev–Trinajstić information content (AvgIpc) is 2.83. The SMILES string of the molecule is CCCCCCCCCCCCCCCCCCCC[C@H](C)CCC[C@H](C)CCC[C@H](C)CC. The molecule has 0 aliphatic heterocycles. The number of rotatable bonds is 28. The van der Waals surface area contributed by atoms with E-state index in [0.717, 1.165) is 17.8 Å². The molecule has 0 rings (SSSR count). The van der Waals surface area contributed by atoms with Crippen molar-refractivity contribution >= 4 is 0 Å². The van der Waals surface area contributed by atoms with Gasteiger partial charge in [0.25, 0.3) is 0 Å². The Bertz CT molecular complexity index is 359. The first-order valence-corrected chi connectivity index (χ1v) is 16.6. The van der Waals surface area contributed by atoms with E-state index in [0.29, 0.717) is 0 Å². The Labute approximate surface area is 219 Å². The maximum absolute atomic E-state index is 2.50. The summed E-state index contributed by atoms with van der Waals surface area (Å²) in [6.45, 7) is 12.0. The first kappa shape index (κ1) is 34.0. The molecule has 0 aliphatic carbocycles. The monoisotopic (exact) mass is 479 g/mol. The summed E-state index contributed by atoms with van der Waals surface area (Å²) in [6.07, 6.45) is 38.1. The Balaban J connectivity index is 3.23. The van der Waals surface area contributed by atoms with Gasteiger partial charge in [-0.05, 0) is 17.8 Å². The molecule has 0 bridgehead atoms. The van der Waals surface area contributed by atoms with Crippen molar-refractivity contribution in [2.75, 3.05) is 0 Å². The molecule has 0 amide bonds. The van der Waals surface area contributed by atoms with E-state index < -0.39 is 0 Å². The molecule has 3 atom stereocenters. The zero-order valence-electron chi connectivity index (χ0n) is 25.1. The van der Waals surface area contributed by atoms with E-state index in [4.69, 9.17) is 0 Å². The second-order valence-corrected chi connectivity index (χ2v) is 12.4. The fourth-order valence-corrected chi connectivity index (χ4v) is 5.52. The highest BCUT2D eigenvalue weighted by atomic mass is 14.1. The Morgan fingerprint density at radius 3 is 0.882 bits per heavy atom. The van der Waals surface area contributed by atoms with Crippen molar-refractivity contribution in [2.45, 2.75) is 202 Å². The predicted octanol–water partition coefficient (Wildman–Crippen LogP) is 13.1. The average molecular weight is 479 g/mol. The zero-order chi connectivity index (χ0) is 25.1. The first-order valence-electron chi connectivity index (χ1n) is 16.6. The van der Waals surface area contributed by atoms with Crippen LogP contribution in [0.4, 0.5) is 0 Å². The van der Waals surface area contributed by atoms with Crippen LogP contribution < -0.4 is 0 Å². The summed E-state index contributed by atoms with van der Waals surface area (Å²) in [7, 11) is 0. The van der Waals surface area contributed by atoms with Crippen LogP contribution in [0.15, 0.2) is 0 Å². The van der Waals surface area contributed by atoms with Crippen LogP contribution in [0.5, 0.6) is 0 Å². The maximum Gasteiger partial charge on any atom is -0.0443 e. The Kier molecular flexibility index (Phi) is 27.6. The van der Waals surface area contributed by atoms with E-state index in [-0.39, 0.29) is 0 Å². The fraction of sp³-hybridized carbons (Fsp3) is 1.00. The minimum absolute atomic E-state index is 0.932. The van der Waals surface area contributed by atoms with Gasteiger partial charge in [-0.2, -0.15) is 0 Å². The van der Waals surface area contributed by atoms with Crippen LogP contribution in [0.1, 0.15) is 202 Å². The van der Waals surface area contributed by atoms with Crippen LogP contribution in [0.25, 0.3) is 0 Å². The molecule has 0 heterocycles. The molecule has 34 heavy (non-hydrogen) atoms. The van der Waals surface area contributed by atoms with Gasteiger partial charge in [0.15, 0.2) is 0 Å². The third-order valence-corrected chi connectivity index (χ3v) is 8.54. The topological polar surface area (TPSA) is 0 Å². The van der Waals surface area contributed by atoms with Crippen LogP contribution in [-0.4, -0.2) is 0 Å². The van der Waals surface area contributed by atoms with Crippen molar-refractivity contribution in [2.24, 2.45) is 17.8 Å². The van der Waals surface area contributed by atoms with E-state index in [1.165, 1.54) is 167 Å². The van der Waals surface area contributed by atoms with Crippen LogP contribution in [0, 0.1) is 17.8 Å². The van der Waals surface area contributed by atoms with Gasteiger partial charge >= 0.3 is 0 Å². The summed E-state index contributed by atoms with van der Waals surface area (Å²) in [4.78, 5) is 0. The number of hydrogen-bond acceptors (Lipinski definition) is 0. The molecule has 0 fully saturated rings. The van der Waals surface area contributed by atoms with Crippen molar-refractivity contribution < 1.29 is 0 Å². The maximum atomic E-state index is 2.50. The molecular weight excluding hydrogens is 408 g/mol. The molecule has 0 aromatic carbocycles. The molecule has 0 saturated carbocycles. The summed E-state index contributed by atoms with van der Waals surface area (Å²) >= 11 is 0. The zero-order valence-corrected chi connectivity index (χ0v) is 25.1. The van der Waals surface area contributed by atoms with Crippen LogP contribution in [0.3, 0.4) is 0 Å². The minimum atomic E-state index is 0.932. The van der Waals surface area contributed by atoms with Crippen LogP contribution in [-0.2, 0) is 0 Å². The summed E-state index contributed by atoms with van der Waals surface area (Å²) in [5, 5.41) is 0. The quantitative estimate of drug-likeness (QED) is 0.0980. The van der Waals surface area contributed by atoms with Crippen LogP contribution >= 0.6 is 0 Å². The van der Waals surface area contributed by atoms with E-state index in [9.17, 15) is 0 Å². The van der Waals surface area contributed by atoms with Gasteiger partial charge in [-0.25, -0.2) is 0 Å².